The van der Waals surface area contributed by atoms with Crippen LogP contribution in [0.4, 0.5) is 0 Å². The minimum absolute atomic E-state index is 0.0229. The number of hydrogen-bond donors (Lipinski definition) is 0. The third-order valence-electron chi connectivity index (χ3n) is 9.28. The first kappa shape index (κ1) is 23.5. The molecule has 0 aliphatic heterocycles. The molecule has 7 aromatic carbocycles. The minimum Gasteiger partial charge on any atom is -0.309 e. The molecule has 0 aliphatic rings. The maximum Gasteiger partial charge on any atom is 0.238 e. The lowest BCUT2D eigenvalue weighted by Gasteiger charge is -2.13. The van der Waals surface area contributed by atoms with Crippen LogP contribution >= 0.6 is 0 Å². The minimum atomic E-state index is -0.483. The number of benzene rings is 7. The van der Waals surface area contributed by atoms with Gasteiger partial charge in [0.15, 0.2) is 11.6 Å². The second-order valence-electron chi connectivity index (χ2n) is 12.1. The second kappa shape index (κ2) is 11.4. The SMILES string of the molecule is [2H]c1c([2H])c([2H])c(-c2nc(-c3ccccc3-c3ccccc3)nc(-n3c4ccccc4c4c3ccc3c5ccccc5n(-c5ccccc5)c34)n2)c([2H])c1[2H]. The van der Waals surface area contributed by atoms with Gasteiger partial charge >= 0.3 is 0 Å². The Bertz CT molecular complexity index is 3130. The number of aromatic nitrogens is 5. The van der Waals surface area contributed by atoms with Crippen LogP contribution in [0.5, 0.6) is 0 Å². The van der Waals surface area contributed by atoms with Crippen molar-refractivity contribution < 1.29 is 6.85 Å². The van der Waals surface area contributed by atoms with Gasteiger partial charge in [0.25, 0.3) is 0 Å². The fraction of sp³-hybridized carbons (Fsp3) is 0. The second-order valence-corrected chi connectivity index (χ2v) is 12.1. The van der Waals surface area contributed by atoms with Gasteiger partial charge in [-0.2, -0.15) is 9.97 Å². The molecule has 5 nitrogen and oxygen atoms in total. The van der Waals surface area contributed by atoms with Crippen LogP contribution in [0.2, 0.25) is 0 Å². The summed E-state index contributed by atoms with van der Waals surface area (Å²) < 4.78 is 47.3. The summed E-state index contributed by atoms with van der Waals surface area (Å²) in [6, 6.07) is 46.6. The van der Waals surface area contributed by atoms with Crippen molar-refractivity contribution in [3.63, 3.8) is 0 Å². The summed E-state index contributed by atoms with van der Waals surface area (Å²) in [6.07, 6.45) is 0. The zero-order valence-electron chi connectivity index (χ0n) is 31.6. The van der Waals surface area contributed by atoms with Crippen molar-refractivity contribution in [2.75, 3.05) is 0 Å². The molecule has 0 saturated heterocycles. The first-order valence-electron chi connectivity index (χ1n) is 18.9. The summed E-state index contributed by atoms with van der Waals surface area (Å²) in [5, 5.41) is 4.22. The summed E-state index contributed by atoms with van der Waals surface area (Å²) in [7, 11) is 0. The van der Waals surface area contributed by atoms with E-state index in [2.05, 4.69) is 59.2 Å². The molecule has 10 rings (SSSR count). The molecule has 0 N–H and O–H groups in total. The number of para-hydroxylation sites is 3. The Hall–Kier alpha value is -6.85. The standard InChI is InChI=1S/C45H29N5/c1-4-16-30(17-5-1)33-22-10-11-24-36(33)44-46-43(31-18-6-2-7-19-31)47-45(48-44)50-39-27-15-13-25-37(39)41-40(50)29-28-35-34-23-12-14-26-38(34)49(42(35)41)32-20-8-3-9-21-32/h1-29H/i2D,6D,7D,18D,19D. The lowest BCUT2D eigenvalue weighted by molar-refractivity contribution is 0.954. The maximum atomic E-state index is 8.90. The van der Waals surface area contributed by atoms with Gasteiger partial charge in [-0.25, -0.2) is 4.98 Å². The highest BCUT2D eigenvalue weighted by Crippen LogP contribution is 2.42. The number of hydrogen-bond acceptors (Lipinski definition) is 3. The van der Waals surface area contributed by atoms with Crippen LogP contribution in [0.1, 0.15) is 6.85 Å². The Morgan fingerprint density at radius 2 is 1.04 bits per heavy atom. The van der Waals surface area contributed by atoms with E-state index in [4.69, 9.17) is 21.8 Å². The fourth-order valence-corrected chi connectivity index (χ4v) is 7.18. The lowest BCUT2D eigenvalue weighted by Crippen LogP contribution is -2.06. The quantitative estimate of drug-likeness (QED) is 0.187. The van der Waals surface area contributed by atoms with Crippen molar-refractivity contribution in [3.05, 3.63) is 176 Å². The Kier molecular flexibility index (Phi) is 5.35. The van der Waals surface area contributed by atoms with Crippen molar-refractivity contribution in [2.24, 2.45) is 0 Å². The highest BCUT2D eigenvalue weighted by molar-refractivity contribution is 6.26. The molecule has 5 heteroatoms. The van der Waals surface area contributed by atoms with Gasteiger partial charge in [0.05, 0.1) is 28.9 Å². The summed E-state index contributed by atoms with van der Waals surface area (Å²) in [5.41, 5.74) is 7.27. The number of rotatable bonds is 5. The third kappa shape index (κ3) is 4.37. The van der Waals surface area contributed by atoms with Crippen molar-refractivity contribution >= 4 is 43.6 Å². The molecule has 0 unspecified atom stereocenters. The Morgan fingerprint density at radius 3 is 1.82 bits per heavy atom. The van der Waals surface area contributed by atoms with E-state index < -0.39 is 18.1 Å². The van der Waals surface area contributed by atoms with E-state index in [0.717, 1.165) is 60.4 Å². The van der Waals surface area contributed by atoms with Gasteiger partial charge in [0.2, 0.25) is 5.95 Å². The monoisotopic (exact) mass is 644 g/mol. The molecule has 0 spiro atoms. The molecule has 3 aromatic heterocycles. The maximum absolute atomic E-state index is 8.90. The Morgan fingerprint density at radius 1 is 0.420 bits per heavy atom. The van der Waals surface area contributed by atoms with Crippen LogP contribution in [0.3, 0.4) is 0 Å². The van der Waals surface area contributed by atoms with Gasteiger partial charge in [0.1, 0.15) is 0 Å². The van der Waals surface area contributed by atoms with E-state index in [1.807, 2.05) is 95.6 Å². The van der Waals surface area contributed by atoms with Gasteiger partial charge in [-0.1, -0.05) is 145 Å². The molecule has 0 fully saturated rings. The van der Waals surface area contributed by atoms with E-state index in [0.29, 0.717) is 11.4 Å². The zero-order valence-corrected chi connectivity index (χ0v) is 26.6. The summed E-state index contributed by atoms with van der Waals surface area (Å²) >= 11 is 0. The average Bonchev–Trinajstić information content (AvgIpc) is 3.76. The molecule has 0 radical (unpaired) electrons. The smallest absolute Gasteiger partial charge is 0.238 e. The van der Waals surface area contributed by atoms with Crippen molar-refractivity contribution in [1.82, 2.24) is 24.1 Å². The van der Waals surface area contributed by atoms with Crippen LogP contribution in [-0.4, -0.2) is 24.1 Å². The molecule has 0 bridgehead atoms. The predicted molar refractivity (Wildman–Crippen MR) is 205 cm³/mol. The highest BCUT2D eigenvalue weighted by Gasteiger charge is 2.23. The van der Waals surface area contributed by atoms with Crippen molar-refractivity contribution in [3.8, 4) is 45.5 Å². The largest absolute Gasteiger partial charge is 0.309 e. The molecular weight excluding hydrogens is 611 g/mol. The molecule has 0 aliphatic carbocycles. The molecule has 0 atom stereocenters. The highest BCUT2D eigenvalue weighted by atomic mass is 15.2. The predicted octanol–water partition coefficient (Wildman–Crippen LogP) is 11.1. The summed E-state index contributed by atoms with van der Waals surface area (Å²) in [6.45, 7) is 0. The molecule has 0 amide bonds. The molecule has 50 heavy (non-hydrogen) atoms. The van der Waals surface area contributed by atoms with Gasteiger partial charge < -0.3 is 4.57 Å². The van der Waals surface area contributed by atoms with Crippen molar-refractivity contribution in [2.45, 2.75) is 0 Å². The zero-order chi connectivity index (χ0) is 37.4. The number of fused-ring (bicyclic) bond motifs is 7. The van der Waals surface area contributed by atoms with E-state index in [9.17, 15) is 0 Å². The van der Waals surface area contributed by atoms with E-state index in [1.54, 1.807) is 0 Å². The molecular formula is C45H29N5. The normalized spacial score (nSPS) is 13.0. The van der Waals surface area contributed by atoms with Crippen LogP contribution in [-0.2, 0) is 0 Å². The topological polar surface area (TPSA) is 48.5 Å². The fourth-order valence-electron chi connectivity index (χ4n) is 7.18. The van der Waals surface area contributed by atoms with Crippen LogP contribution in [0.15, 0.2) is 176 Å². The first-order chi connectivity index (χ1) is 26.9. The van der Waals surface area contributed by atoms with Crippen LogP contribution in [0, 0.1) is 0 Å². The molecule has 3 heterocycles. The van der Waals surface area contributed by atoms with Gasteiger partial charge in [-0.05, 0) is 41.5 Å². The van der Waals surface area contributed by atoms with E-state index >= 15 is 0 Å². The van der Waals surface area contributed by atoms with E-state index in [1.165, 1.54) is 0 Å². The third-order valence-corrected chi connectivity index (χ3v) is 9.28. The van der Waals surface area contributed by atoms with Gasteiger partial charge in [0, 0.05) is 38.4 Å². The number of nitrogens with zero attached hydrogens (tertiary/aromatic N) is 5. The van der Waals surface area contributed by atoms with Gasteiger partial charge in [-0.15, -0.1) is 0 Å². The molecule has 10 aromatic rings. The summed E-state index contributed by atoms with van der Waals surface area (Å²) in [5.74, 6) is 0.532. The molecule has 0 saturated carbocycles. The van der Waals surface area contributed by atoms with Gasteiger partial charge in [-0.3, -0.25) is 4.57 Å². The van der Waals surface area contributed by atoms with E-state index in [-0.39, 0.29) is 29.4 Å². The van der Waals surface area contributed by atoms with Crippen LogP contribution in [0.25, 0.3) is 89.2 Å². The Balaban J connectivity index is 1.35. The average molecular weight is 645 g/mol. The van der Waals surface area contributed by atoms with Crippen LogP contribution < -0.4 is 0 Å². The van der Waals surface area contributed by atoms with Crippen molar-refractivity contribution in [1.29, 1.82) is 0 Å². The Labute approximate surface area is 295 Å². The summed E-state index contributed by atoms with van der Waals surface area (Å²) in [4.78, 5) is 15.0. The first-order valence-corrected chi connectivity index (χ1v) is 16.4. The molecule has 234 valence electrons. The lowest BCUT2D eigenvalue weighted by atomic mass is 9.99.